The summed E-state index contributed by atoms with van der Waals surface area (Å²) in [5, 5.41) is 3.09. The molecule has 0 atom stereocenters. The number of thiazole rings is 1. The largest absolute Gasteiger partial charge is 0.348 e. The average Bonchev–Trinajstić information content (AvgIpc) is 3.08. The van der Waals surface area contributed by atoms with Gasteiger partial charge in [-0.3, -0.25) is 9.59 Å². The van der Waals surface area contributed by atoms with Crippen molar-refractivity contribution >= 4 is 23.2 Å². The molecule has 2 heterocycles. The van der Waals surface area contributed by atoms with E-state index in [1.54, 1.807) is 5.51 Å². The fourth-order valence-electron chi connectivity index (χ4n) is 3.78. The second-order valence-electron chi connectivity index (χ2n) is 7.75. The highest BCUT2D eigenvalue weighted by Crippen LogP contribution is 2.29. The maximum absolute atomic E-state index is 13.2. The van der Waals surface area contributed by atoms with Crippen LogP contribution in [0.15, 0.2) is 29.8 Å². The van der Waals surface area contributed by atoms with Crippen molar-refractivity contribution in [2.45, 2.75) is 52.0 Å². The third-order valence-corrected chi connectivity index (χ3v) is 6.35. The number of nitrogens with zero attached hydrogens (tertiary/aromatic N) is 2. The summed E-state index contributed by atoms with van der Waals surface area (Å²) in [6, 6.07) is 8.18. The molecule has 1 fully saturated rings. The first-order chi connectivity index (χ1) is 12.8. The number of likely N-dealkylation sites (tertiary alicyclic amines) is 1. The van der Waals surface area contributed by atoms with Crippen LogP contribution in [0.5, 0.6) is 0 Å². The molecule has 1 aliphatic heterocycles. The Balaban J connectivity index is 1.60. The third kappa shape index (κ3) is 4.05. The van der Waals surface area contributed by atoms with Gasteiger partial charge in [0.25, 0.3) is 5.91 Å². The maximum Gasteiger partial charge on any atom is 0.263 e. The van der Waals surface area contributed by atoms with E-state index in [4.69, 9.17) is 0 Å². The summed E-state index contributed by atoms with van der Waals surface area (Å²) >= 11 is 1.37. The molecule has 3 rings (SSSR count). The molecule has 1 aromatic heterocycles. The van der Waals surface area contributed by atoms with Gasteiger partial charge in [0.15, 0.2) is 0 Å². The lowest BCUT2D eigenvalue weighted by Crippen LogP contribution is -2.51. The van der Waals surface area contributed by atoms with Crippen molar-refractivity contribution in [1.29, 1.82) is 0 Å². The summed E-state index contributed by atoms with van der Waals surface area (Å²) in [6.45, 7) is 9.23. The SMILES string of the molecule is Cc1ccccc1C(C)(C)C(=O)N1CCC(NC(=O)c2scnc2C)CC1. The van der Waals surface area contributed by atoms with Crippen LogP contribution < -0.4 is 5.32 Å². The fourth-order valence-corrected chi connectivity index (χ4v) is 4.49. The normalized spacial score (nSPS) is 15.6. The molecule has 144 valence electrons. The molecule has 0 radical (unpaired) electrons. The molecule has 5 nitrogen and oxygen atoms in total. The van der Waals surface area contributed by atoms with Crippen molar-refractivity contribution < 1.29 is 9.59 Å². The van der Waals surface area contributed by atoms with Gasteiger partial charge in [0.2, 0.25) is 5.91 Å². The zero-order valence-electron chi connectivity index (χ0n) is 16.4. The Hall–Kier alpha value is -2.21. The topological polar surface area (TPSA) is 62.3 Å². The number of hydrogen-bond donors (Lipinski definition) is 1. The van der Waals surface area contributed by atoms with Crippen LogP contribution in [-0.4, -0.2) is 40.8 Å². The number of piperidine rings is 1. The minimum Gasteiger partial charge on any atom is -0.348 e. The third-order valence-electron chi connectivity index (χ3n) is 5.42. The lowest BCUT2D eigenvalue weighted by Gasteiger charge is -2.37. The zero-order valence-corrected chi connectivity index (χ0v) is 17.2. The van der Waals surface area contributed by atoms with Gasteiger partial charge in [0.05, 0.1) is 16.6 Å². The van der Waals surface area contributed by atoms with Crippen LogP contribution in [0.1, 0.15) is 53.2 Å². The summed E-state index contributed by atoms with van der Waals surface area (Å²) < 4.78 is 0. The first-order valence-electron chi connectivity index (χ1n) is 9.37. The number of amides is 2. The van der Waals surface area contributed by atoms with Crippen molar-refractivity contribution in [2.24, 2.45) is 0 Å². The summed E-state index contributed by atoms with van der Waals surface area (Å²) in [7, 11) is 0. The number of rotatable bonds is 4. The number of nitrogens with one attached hydrogen (secondary N) is 1. The maximum atomic E-state index is 13.2. The number of carbonyl (C=O) groups is 2. The lowest BCUT2D eigenvalue weighted by molar-refractivity contribution is -0.137. The Labute approximate surface area is 164 Å². The van der Waals surface area contributed by atoms with Crippen molar-refractivity contribution in [3.63, 3.8) is 0 Å². The van der Waals surface area contributed by atoms with Crippen LogP contribution in [0, 0.1) is 13.8 Å². The minimum atomic E-state index is -0.554. The van der Waals surface area contributed by atoms with Crippen LogP contribution in [-0.2, 0) is 10.2 Å². The van der Waals surface area contributed by atoms with Crippen molar-refractivity contribution in [1.82, 2.24) is 15.2 Å². The Morgan fingerprint density at radius 2 is 1.85 bits per heavy atom. The van der Waals surface area contributed by atoms with Crippen LogP contribution >= 0.6 is 11.3 Å². The Morgan fingerprint density at radius 1 is 1.19 bits per heavy atom. The fraction of sp³-hybridized carbons (Fsp3) is 0.476. The van der Waals surface area contributed by atoms with Crippen LogP contribution in [0.4, 0.5) is 0 Å². The van der Waals surface area contributed by atoms with Gasteiger partial charge in [0, 0.05) is 19.1 Å². The van der Waals surface area contributed by atoms with E-state index >= 15 is 0 Å². The molecular weight excluding hydrogens is 358 g/mol. The van der Waals surface area contributed by atoms with Gasteiger partial charge in [-0.1, -0.05) is 24.3 Å². The monoisotopic (exact) mass is 385 g/mol. The second kappa shape index (κ2) is 7.80. The predicted octanol–water partition coefficient (Wildman–Crippen LogP) is 3.46. The highest BCUT2D eigenvalue weighted by molar-refractivity contribution is 7.11. The first kappa shape index (κ1) is 19.5. The molecule has 0 saturated carbocycles. The lowest BCUT2D eigenvalue weighted by atomic mass is 9.80. The molecule has 2 amide bonds. The predicted molar refractivity (Wildman–Crippen MR) is 108 cm³/mol. The molecular formula is C21H27N3O2S. The Kier molecular flexibility index (Phi) is 5.65. The van der Waals surface area contributed by atoms with E-state index in [0.29, 0.717) is 18.0 Å². The van der Waals surface area contributed by atoms with Crippen LogP contribution in [0.2, 0.25) is 0 Å². The van der Waals surface area contributed by atoms with E-state index in [1.165, 1.54) is 11.3 Å². The molecule has 2 aromatic rings. The minimum absolute atomic E-state index is 0.0555. The molecule has 1 saturated heterocycles. The average molecular weight is 386 g/mol. The summed E-state index contributed by atoms with van der Waals surface area (Å²) in [5.74, 6) is 0.0971. The molecule has 0 aliphatic carbocycles. The first-order valence-corrected chi connectivity index (χ1v) is 10.2. The van der Waals surface area contributed by atoms with Gasteiger partial charge < -0.3 is 10.2 Å². The van der Waals surface area contributed by atoms with E-state index in [1.807, 2.05) is 56.9 Å². The van der Waals surface area contributed by atoms with Gasteiger partial charge in [-0.05, 0) is 51.7 Å². The van der Waals surface area contributed by atoms with Gasteiger partial charge >= 0.3 is 0 Å². The highest BCUT2D eigenvalue weighted by atomic mass is 32.1. The Bertz CT molecular complexity index is 835. The molecule has 1 N–H and O–H groups in total. The summed E-state index contributed by atoms with van der Waals surface area (Å²) in [5.41, 5.74) is 4.12. The highest BCUT2D eigenvalue weighted by Gasteiger charge is 2.36. The number of benzene rings is 1. The number of hydrogen-bond acceptors (Lipinski definition) is 4. The second-order valence-corrected chi connectivity index (χ2v) is 8.60. The summed E-state index contributed by atoms with van der Waals surface area (Å²) in [6.07, 6.45) is 1.55. The van der Waals surface area contributed by atoms with Crippen LogP contribution in [0.3, 0.4) is 0 Å². The molecule has 1 aliphatic rings. The van der Waals surface area contributed by atoms with Crippen molar-refractivity contribution in [3.8, 4) is 0 Å². The van der Waals surface area contributed by atoms with Gasteiger partial charge in [-0.2, -0.15) is 0 Å². The van der Waals surface area contributed by atoms with Crippen LogP contribution in [0.25, 0.3) is 0 Å². The van der Waals surface area contributed by atoms with Gasteiger partial charge in [-0.15, -0.1) is 11.3 Å². The molecule has 27 heavy (non-hydrogen) atoms. The number of carbonyl (C=O) groups excluding carboxylic acids is 2. The van der Waals surface area contributed by atoms with E-state index in [9.17, 15) is 9.59 Å². The number of aryl methyl sites for hydroxylation is 2. The molecule has 0 unspecified atom stereocenters. The van der Waals surface area contributed by atoms with E-state index < -0.39 is 5.41 Å². The molecule has 1 aromatic carbocycles. The van der Waals surface area contributed by atoms with Crippen molar-refractivity contribution in [3.05, 3.63) is 51.5 Å². The standard InChI is InChI=1S/C21H27N3O2S/c1-14-7-5-6-8-17(14)21(3,4)20(26)24-11-9-16(10-12-24)23-19(25)18-15(2)22-13-27-18/h5-8,13,16H,9-12H2,1-4H3,(H,23,25). The van der Waals surface area contributed by atoms with E-state index in [-0.39, 0.29) is 17.9 Å². The zero-order chi connectivity index (χ0) is 19.6. The molecule has 0 bridgehead atoms. The smallest absolute Gasteiger partial charge is 0.263 e. The van der Waals surface area contributed by atoms with Crippen molar-refractivity contribution in [2.75, 3.05) is 13.1 Å². The van der Waals surface area contributed by atoms with Gasteiger partial charge in [-0.25, -0.2) is 4.98 Å². The number of aromatic nitrogens is 1. The molecule has 0 spiro atoms. The quantitative estimate of drug-likeness (QED) is 0.877. The Morgan fingerprint density at radius 3 is 2.44 bits per heavy atom. The molecule has 6 heteroatoms. The van der Waals surface area contributed by atoms with E-state index in [2.05, 4.69) is 10.3 Å². The summed E-state index contributed by atoms with van der Waals surface area (Å²) in [4.78, 5) is 32.3. The van der Waals surface area contributed by atoms with E-state index in [0.717, 1.165) is 29.7 Å². The van der Waals surface area contributed by atoms with Gasteiger partial charge in [0.1, 0.15) is 4.88 Å².